The Morgan fingerprint density at radius 2 is 0.621 bits per heavy atom. The second kappa shape index (κ2) is 62.7. The van der Waals surface area contributed by atoms with E-state index in [2.05, 4.69) is 106 Å². The van der Waals surface area contributed by atoms with Crippen molar-refractivity contribution < 1.29 is 75.8 Å². The molecule has 0 heterocycles. The molecule has 0 aliphatic carbocycles. The number of esters is 3. The molecule has 0 amide bonds. The zero-order chi connectivity index (χ0) is 63.8. The first-order valence-electron chi connectivity index (χ1n) is 33.5. The molecule has 0 aromatic heterocycles. The van der Waals surface area contributed by atoms with Crippen molar-refractivity contribution in [2.75, 3.05) is 39.6 Å². The Labute approximate surface area is 527 Å². The van der Waals surface area contributed by atoms with Crippen molar-refractivity contribution in [3.63, 3.8) is 0 Å². The summed E-state index contributed by atoms with van der Waals surface area (Å²) < 4.78 is 60.8. The third-order valence-electron chi connectivity index (χ3n) is 13.8. The van der Waals surface area contributed by atoms with Crippen LogP contribution in [-0.4, -0.2) is 95.9 Å². The predicted octanol–water partition coefficient (Wildman–Crippen LogP) is 18.3. The lowest BCUT2D eigenvalue weighted by Crippen LogP contribution is -2.30. The smallest absolute Gasteiger partial charge is 0.463 e. The van der Waals surface area contributed by atoms with Crippen LogP contribution in [0, 0.1) is 0 Å². The maximum Gasteiger partial charge on any atom is 0.472 e. The second-order valence-electron chi connectivity index (χ2n) is 22.2. The predicted molar refractivity (Wildman–Crippen MR) is 353 cm³/mol. The lowest BCUT2D eigenvalue weighted by Gasteiger charge is -2.21. The standard InChI is InChI=1S/C69H120O16P2/c1-4-7-10-13-16-19-22-25-28-30-31-33-36-37-40-43-46-49-52-55-67(72)79-58-64(70)59-81-86(75,76)82-60-65(71)61-83-87(77,78)84-63-66(85-69(74)57-54-51-48-45-42-39-34-27-24-21-18-15-12-9-6-3)62-80-68(73)56-53-50-47-44-41-38-35-32-29-26-23-20-17-14-11-8-5-2/h8,11,16-17,19-20,25-26,28-29,31,33,35,38,44,47,64-66,70-71H,4-7,9-10,12-15,18,21-24,27,30,32,34,36-37,39-43,45-46,48-63H2,1-3H3,(H,75,76)(H,77,78)/b11-8-,19-16-,20-17-,28-25-,29-26-,33-31-,38-35-,47-44-. The van der Waals surface area contributed by atoms with Crippen LogP contribution in [0.15, 0.2) is 97.2 Å². The highest BCUT2D eigenvalue weighted by molar-refractivity contribution is 7.47. The first-order valence-corrected chi connectivity index (χ1v) is 36.5. The van der Waals surface area contributed by atoms with E-state index in [1.807, 2.05) is 12.2 Å². The fourth-order valence-corrected chi connectivity index (χ4v) is 10.3. The number of unbranched alkanes of at least 4 members (excludes halogenated alkanes) is 24. The maximum atomic E-state index is 12.9. The minimum atomic E-state index is -4.93. The highest BCUT2D eigenvalue weighted by Crippen LogP contribution is 2.45. The molecule has 0 aliphatic heterocycles. The summed E-state index contributed by atoms with van der Waals surface area (Å²) in [7, 11) is -9.79. The summed E-state index contributed by atoms with van der Waals surface area (Å²) in [4.78, 5) is 58.3. The van der Waals surface area contributed by atoms with Crippen LogP contribution in [0.4, 0.5) is 0 Å². The molecule has 0 fully saturated rings. The van der Waals surface area contributed by atoms with Gasteiger partial charge in [-0.25, -0.2) is 9.13 Å². The number of phosphoric acid groups is 2. The molecule has 4 N–H and O–H groups in total. The normalized spacial score (nSPS) is 14.9. The number of aliphatic hydroxyl groups is 2. The van der Waals surface area contributed by atoms with Gasteiger partial charge in [-0.1, -0.05) is 246 Å². The molecular formula is C69H120O16P2. The van der Waals surface area contributed by atoms with Crippen LogP contribution in [0.25, 0.3) is 0 Å². The van der Waals surface area contributed by atoms with Crippen molar-refractivity contribution in [2.45, 2.75) is 283 Å². The molecule has 0 bridgehead atoms. The minimum Gasteiger partial charge on any atom is -0.463 e. The molecule has 0 spiro atoms. The summed E-state index contributed by atoms with van der Waals surface area (Å²) >= 11 is 0. The monoisotopic (exact) mass is 1270 g/mol. The van der Waals surface area contributed by atoms with Gasteiger partial charge in [0.05, 0.1) is 26.4 Å². The third kappa shape index (κ3) is 63.8. The second-order valence-corrected chi connectivity index (χ2v) is 25.2. The SMILES string of the molecule is CC/C=C\C/C=C\C/C=C\C/C=C\C/C=C\CCCC(=O)OCC(COP(=O)(O)OCC(O)COP(=O)(O)OCC(O)COC(=O)CCCCCCCC/C=C\C/C=C\C/C=C\CCCCC)OC(=O)CCCCCCCCCCCCCCCCC. The van der Waals surface area contributed by atoms with E-state index in [0.29, 0.717) is 25.7 Å². The fourth-order valence-electron chi connectivity index (χ4n) is 8.67. The topological polar surface area (TPSA) is 231 Å². The molecular weight excluding hydrogens is 1150 g/mol. The van der Waals surface area contributed by atoms with Gasteiger partial charge < -0.3 is 34.2 Å². The van der Waals surface area contributed by atoms with Gasteiger partial charge in [0.2, 0.25) is 0 Å². The number of phosphoric ester groups is 2. The average molecular weight is 1270 g/mol. The van der Waals surface area contributed by atoms with E-state index in [1.165, 1.54) is 89.9 Å². The molecule has 0 aromatic rings. The molecule has 87 heavy (non-hydrogen) atoms. The van der Waals surface area contributed by atoms with Crippen molar-refractivity contribution in [3.8, 4) is 0 Å². The van der Waals surface area contributed by atoms with E-state index >= 15 is 0 Å². The molecule has 5 atom stereocenters. The van der Waals surface area contributed by atoms with Gasteiger partial charge in [-0.15, -0.1) is 0 Å². The number of carbonyl (C=O) groups is 3. The Kier molecular flexibility index (Phi) is 60.1. The Morgan fingerprint density at radius 3 is 1.03 bits per heavy atom. The van der Waals surface area contributed by atoms with E-state index in [9.17, 15) is 43.5 Å². The van der Waals surface area contributed by atoms with E-state index in [-0.39, 0.29) is 19.3 Å². The van der Waals surface area contributed by atoms with Crippen molar-refractivity contribution in [2.24, 2.45) is 0 Å². The fraction of sp³-hybridized carbons (Fsp3) is 0.725. The van der Waals surface area contributed by atoms with Crippen LogP contribution in [0.1, 0.15) is 265 Å². The first kappa shape index (κ1) is 83.5. The van der Waals surface area contributed by atoms with Gasteiger partial charge in [-0.2, -0.15) is 0 Å². The van der Waals surface area contributed by atoms with Crippen LogP contribution < -0.4 is 0 Å². The van der Waals surface area contributed by atoms with Crippen molar-refractivity contribution in [1.29, 1.82) is 0 Å². The van der Waals surface area contributed by atoms with Gasteiger partial charge in [0.15, 0.2) is 6.10 Å². The lowest BCUT2D eigenvalue weighted by atomic mass is 10.0. The van der Waals surface area contributed by atoms with E-state index in [1.54, 1.807) is 0 Å². The van der Waals surface area contributed by atoms with E-state index < -0.39 is 91.5 Å². The highest BCUT2D eigenvalue weighted by Gasteiger charge is 2.29. The van der Waals surface area contributed by atoms with Crippen LogP contribution >= 0.6 is 15.6 Å². The Hall–Kier alpha value is -3.53. The average Bonchev–Trinajstić information content (AvgIpc) is 3.68. The quantitative estimate of drug-likeness (QED) is 0.0146. The Bertz CT molecular complexity index is 1980. The maximum absolute atomic E-state index is 12.9. The molecule has 0 aromatic carbocycles. The van der Waals surface area contributed by atoms with E-state index in [0.717, 1.165) is 109 Å². The van der Waals surface area contributed by atoms with Crippen LogP contribution in [-0.2, 0) is 55.8 Å². The third-order valence-corrected chi connectivity index (χ3v) is 15.7. The van der Waals surface area contributed by atoms with Gasteiger partial charge in [-0.05, 0) is 96.3 Å². The zero-order valence-electron chi connectivity index (χ0n) is 54.2. The molecule has 0 rings (SSSR count). The minimum absolute atomic E-state index is 0.0924. The number of ether oxygens (including phenoxy) is 3. The van der Waals surface area contributed by atoms with Crippen molar-refractivity contribution in [1.82, 2.24) is 0 Å². The van der Waals surface area contributed by atoms with Crippen LogP contribution in [0.2, 0.25) is 0 Å². The Balaban J connectivity index is 4.73. The van der Waals surface area contributed by atoms with Gasteiger partial charge in [-0.3, -0.25) is 32.5 Å². The van der Waals surface area contributed by atoms with Crippen LogP contribution in [0.3, 0.4) is 0 Å². The molecule has 0 saturated heterocycles. The molecule has 0 aliphatic rings. The summed E-state index contributed by atoms with van der Waals surface area (Å²) in [6, 6.07) is 0. The Morgan fingerprint density at radius 1 is 0.333 bits per heavy atom. The lowest BCUT2D eigenvalue weighted by molar-refractivity contribution is -0.161. The molecule has 16 nitrogen and oxygen atoms in total. The molecule has 0 radical (unpaired) electrons. The molecule has 5 unspecified atom stereocenters. The number of aliphatic hydroxyl groups excluding tert-OH is 2. The van der Waals surface area contributed by atoms with Gasteiger partial charge in [0.1, 0.15) is 25.4 Å². The molecule has 18 heteroatoms. The first-order chi connectivity index (χ1) is 42.2. The van der Waals surface area contributed by atoms with Gasteiger partial charge >= 0.3 is 33.6 Å². The number of allylic oxidation sites excluding steroid dienone is 16. The summed E-state index contributed by atoms with van der Waals surface area (Å²) in [5, 5.41) is 20.5. The zero-order valence-corrected chi connectivity index (χ0v) is 56.0. The number of hydrogen-bond acceptors (Lipinski definition) is 14. The number of hydrogen-bond donors (Lipinski definition) is 4. The molecule has 502 valence electrons. The molecule has 0 saturated carbocycles. The summed E-state index contributed by atoms with van der Waals surface area (Å²) in [6.07, 6.45) is 67.5. The summed E-state index contributed by atoms with van der Waals surface area (Å²) in [6.45, 7) is 2.45. The largest absolute Gasteiger partial charge is 0.472 e. The van der Waals surface area contributed by atoms with Gasteiger partial charge in [0.25, 0.3) is 0 Å². The highest BCUT2D eigenvalue weighted by atomic mass is 31.2. The summed E-state index contributed by atoms with van der Waals surface area (Å²) in [5.74, 6) is -1.65. The number of carbonyl (C=O) groups excluding carboxylic acids is 3. The van der Waals surface area contributed by atoms with Crippen molar-refractivity contribution in [3.05, 3.63) is 97.2 Å². The van der Waals surface area contributed by atoms with Crippen LogP contribution in [0.5, 0.6) is 0 Å². The van der Waals surface area contributed by atoms with E-state index in [4.69, 9.17) is 32.3 Å². The van der Waals surface area contributed by atoms with Gasteiger partial charge in [0, 0.05) is 19.3 Å². The van der Waals surface area contributed by atoms with Crippen molar-refractivity contribution >= 4 is 33.6 Å². The number of rotatable bonds is 63. The summed E-state index contributed by atoms with van der Waals surface area (Å²) in [5.41, 5.74) is 0.